The predicted molar refractivity (Wildman–Crippen MR) is 185 cm³/mol. The molecule has 0 aliphatic carbocycles. The number of carbonyl (C=O) groups excluding carboxylic acids is 5. The van der Waals surface area contributed by atoms with Crippen LogP contribution in [0.25, 0.3) is 0 Å². The maximum Gasteiger partial charge on any atom is 0.327 e. The molecule has 0 aromatic heterocycles. The smallest absolute Gasteiger partial charge is 0.327 e. The lowest BCUT2D eigenvalue weighted by molar-refractivity contribution is -0.136. The van der Waals surface area contributed by atoms with Gasteiger partial charge in [-0.2, -0.15) is 0 Å². The van der Waals surface area contributed by atoms with Crippen molar-refractivity contribution in [3.05, 3.63) is 89.0 Å². The molecule has 3 aromatic rings. The summed E-state index contributed by atoms with van der Waals surface area (Å²) < 4.78 is 4.53. The van der Waals surface area contributed by atoms with E-state index in [2.05, 4.69) is 37.2 Å². The van der Waals surface area contributed by atoms with Crippen LogP contribution in [0.1, 0.15) is 97.1 Å². The van der Waals surface area contributed by atoms with Crippen molar-refractivity contribution in [3.63, 3.8) is 0 Å². The summed E-state index contributed by atoms with van der Waals surface area (Å²) in [6.45, 7) is 3.66. The molecule has 6 bridgehead atoms. The molecule has 4 aliphatic rings. The zero-order valence-corrected chi connectivity index (χ0v) is 28.3. The molecule has 4 N–H and O–H groups in total. The van der Waals surface area contributed by atoms with Crippen molar-refractivity contribution in [2.24, 2.45) is 0 Å². The van der Waals surface area contributed by atoms with Gasteiger partial charge in [-0.05, 0) is 80.3 Å². The molecule has 0 saturated heterocycles. The van der Waals surface area contributed by atoms with Crippen molar-refractivity contribution in [1.82, 2.24) is 10.6 Å². The van der Waals surface area contributed by atoms with E-state index in [1.165, 1.54) is 18.2 Å². The first kappa shape index (κ1) is 35.3. The molecule has 47 heavy (non-hydrogen) atoms. The van der Waals surface area contributed by atoms with Crippen LogP contribution in [-0.2, 0) is 27.5 Å². The first-order valence-electron chi connectivity index (χ1n) is 15.9. The van der Waals surface area contributed by atoms with Gasteiger partial charge in [0.05, 0.1) is 0 Å². The molecular weight excluding hydrogens is 664 g/mol. The average Bonchev–Trinajstić information content (AvgIpc) is 3.04. The molecule has 3 aromatic carbocycles. The molecule has 4 amide bonds. The third-order valence-electron chi connectivity index (χ3n) is 7.57. The number of hydrogen-bond donors (Lipinski definition) is 4. The number of ether oxygens (including phenoxy) is 1. The lowest BCUT2D eigenvalue weighted by Crippen LogP contribution is -2.30. The van der Waals surface area contributed by atoms with Gasteiger partial charge in [0.15, 0.2) is 0 Å². The van der Waals surface area contributed by atoms with Crippen molar-refractivity contribution in [2.45, 2.75) is 82.6 Å². The molecule has 0 spiro atoms. The Hall–Kier alpha value is -4.51. The minimum atomic E-state index is -0.986. The minimum Gasteiger partial charge on any atom is -0.425 e. The van der Waals surface area contributed by atoms with E-state index in [1.54, 1.807) is 38.1 Å². The number of nitrogens with one attached hydrogen (secondary N) is 4. The Morgan fingerprint density at radius 3 is 1.45 bits per heavy atom. The average molecular weight is 706 g/mol. The van der Waals surface area contributed by atoms with Gasteiger partial charge in [-0.15, -0.1) is 0 Å². The van der Waals surface area contributed by atoms with E-state index in [1.807, 2.05) is 24.3 Å². The number of anilines is 2. The summed E-state index contributed by atoms with van der Waals surface area (Å²) in [7, 11) is 0. The minimum absolute atomic E-state index is 0.0517. The topological polar surface area (TPSA) is 143 Å². The van der Waals surface area contributed by atoms with Crippen molar-refractivity contribution in [3.8, 4) is 5.75 Å². The van der Waals surface area contributed by atoms with Crippen molar-refractivity contribution in [2.75, 3.05) is 10.6 Å². The van der Waals surface area contributed by atoms with Crippen LogP contribution in [0.5, 0.6) is 5.75 Å². The van der Waals surface area contributed by atoms with Gasteiger partial charge >= 0.3 is 5.97 Å². The highest BCUT2D eigenvalue weighted by molar-refractivity contribution is 9.10. The number of carbonyl (C=O) groups is 5. The van der Waals surface area contributed by atoms with Gasteiger partial charge in [-0.25, -0.2) is 0 Å². The Morgan fingerprint density at radius 2 is 1.04 bits per heavy atom. The predicted octanol–water partition coefficient (Wildman–Crippen LogP) is 6.64. The number of rotatable bonds is 2. The molecule has 7 rings (SSSR count). The lowest BCUT2D eigenvalue weighted by Gasteiger charge is -2.16. The lowest BCUT2D eigenvalue weighted by atomic mass is 10.1. The van der Waals surface area contributed by atoms with Crippen LogP contribution >= 0.6 is 15.9 Å². The number of hydrogen-bond acceptors (Lipinski definition) is 6. The third kappa shape index (κ3) is 11.7. The Labute approximate surface area is 283 Å². The van der Waals surface area contributed by atoms with Gasteiger partial charge in [0.25, 0.3) is 11.8 Å². The largest absolute Gasteiger partial charge is 0.425 e. The molecule has 11 heteroatoms. The molecule has 0 unspecified atom stereocenters. The van der Waals surface area contributed by atoms with E-state index in [9.17, 15) is 24.0 Å². The second-order valence-electron chi connectivity index (χ2n) is 12.1. The molecule has 0 saturated carbocycles. The highest BCUT2D eigenvalue weighted by Crippen LogP contribution is 2.24. The van der Waals surface area contributed by atoms with Gasteiger partial charge in [0.2, 0.25) is 11.8 Å². The van der Waals surface area contributed by atoms with E-state index < -0.39 is 22.1 Å². The van der Waals surface area contributed by atoms with E-state index in [0.29, 0.717) is 24.2 Å². The summed E-state index contributed by atoms with van der Waals surface area (Å²) in [6, 6.07) is 18.7. The summed E-state index contributed by atoms with van der Waals surface area (Å²) in [4.78, 5) is 63.8. The van der Waals surface area contributed by atoms with Gasteiger partial charge in [0, 0.05) is 48.4 Å². The Bertz CT molecular complexity index is 1480. The third-order valence-corrected chi connectivity index (χ3v) is 7.89. The van der Waals surface area contributed by atoms with E-state index in [0.717, 1.165) is 49.7 Å². The number of amides is 4. The van der Waals surface area contributed by atoms with Crippen LogP contribution in [0, 0.1) is 0 Å². The fourth-order valence-corrected chi connectivity index (χ4v) is 4.94. The van der Waals surface area contributed by atoms with E-state index >= 15 is 0 Å². The van der Waals surface area contributed by atoms with Gasteiger partial charge in [-0.1, -0.05) is 65.9 Å². The SMILES string of the molecule is CC(C)(Br)C(=O)Oc1cc2cc(c1)C(=O)NCc1ccc(cc1)NC(=O)CCCCCCCCC(=O)Nc1ccc(cc1)CNC2=O. The van der Waals surface area contributed by atoms with Crippen LogP contribution in [-0.4, -0.2) is 33.9 Å². The summed E-state index contributed by atoms with van der Waals surface area (Å²) in [5.74, 6) is -1.57. The summed E-state index contributed by atoms with van der Waals surface area (Å²) in [5, 5.41) is 11.5. The highest BCUT2D eigenvalue weighted by atomic mass is 79.9. The quantitative estimate of drug-likeness (QED) is 0.134. The second kappa shape index (κ2) is 16.9. The van der Waals surface area contributed by atoms with Gasteiger partial charge in [-0.3, -0.25) is 24.0 Å². The summed E-state index contributed by atoms with van der Waals surface area (Å²) in [6.07, 6.45) is 6.38. The summed E-state index contributed by atoms with van der Waals surface area (Å²) in [5.41, 5.74) is 3.24. The fourth-order valence-electron chi connectivity index (χ4n) is 4.85. The molecule has 0 atom stereocenters. The Morgan fingerprint density at radius 1 is 0.638 bits per heavy atom. The first-order chi connectivity index (χ1) is 22.5. The first-order valence-corrected chi connectivity index (χ1v) is 16.7. The number of esters is 1. The summed E-state index contributed by atoms with van der Waals surface area (Å²) >= 11 is 3.28. The van der Waals surface area contributed by atoms with Crippen molar-refractivity contribution < 1.29 is 28.7 Å². The van der Waals surface area contributed by atoms with Gasteiger partial charge in [0.1, 0.15) is 10.1 Å². The highest BCUT2D eigenvalue weighted by Gasteiger charge is 2.27. The Kier molecular flexibility index (Phi) is 12.7. The van der Waals surface area contributed by atoms with E-state index in [4.69, 9.17) is 4.74 Å². The fraction of sp³-hybridized carbons (Fsp3) is 0.361. The van der Waals surface area contributed by atoms with Crippen LogP contribution < -0.4 is 26.0 Å². The molecule has 0 fully saturated rings. The van der Waals surface area contributed by atoms with Crippen molar-refractivity contribution >= 4 is 56.9 Å². The zero-order chi connectivity index (χ0) is 33.8. The van der Waals surface area contributed by atoms with Crippen LogP contribution in [0.2, 0.25) is 0 Å². The van der Waals surface area contributed by atoms with Crippen LogP contribution in [0.15, 0.2) is 66.7 Å². The maximum absolute atomic E-state index is 13.2. The van der Waals surface area contributed by atoms with Crippen molar-refractivity contribution in [1.29, 1.82) is 0 Å². The number of halogens is 1. The number of benzene rings is 3. The van der Waals surface area contributed by atoms with Gasteiger partial charge < -0.3 is 26.0 Å². The standard InChI is InChI=1S/C36H41BrN4O6/c1-36(2,37)35(46)47-30-20-26-19-27(21-30)34(45)39-23-25-13-17-29(18-14-25)41-32(43)10-8-6-4-3-5-7-9-31(42)40-28-15-11-24(12-16-28)22-38-33(26)44/h11-21H,3-10,22-23H2,1-2H3,(H,38,44)(H,39,45)(H,40,42)(H,41,43). The molecule has 4 heterocycles. The molecule has 0 radical (unpaired) electrons. The van der Waals surface area contributed by atoms with Crippen LogP contribution in [0.4, 0.5) is 11.4 Å². The Balaban J connectivity index is 1.52. The molecule has 10 nitrogen and oxygen atoms in total. The maximum atomic E-state index is 13.2. The number of alkyl halides is 1. The normalized spacial score (nSPS) is 16.1. The second-order valence-corrected chi connectivity index (χ2v) is 14.1. The van der Waals surface area contributed by atoms with Crippen LogP contribution in [0.3, 0.4) is 0 Å². The monoisotopic (exact) mass is 704 g/mol. The zero-order valence-electron chi connectivity index (χ0n) is 26.7. The molecular formula is C36H41BrN4O6. The molecule has 4 aliphatic heterocycles. The van der Waals surface area contributed by atoms with E-state index in [-0.39, 0.29) is 41.8 Å². The molecule has 248 valence electrons.